The third-order valence-electron chi connectivity index (χ3n) is 5.43. The van der Waals surface area contributed by atoms with E-state index in [2.05, 4.69) is 15.3 Å². The standard InChI is InChI=1S/C22H21F3N4O2/c1-12(14-4-3-5-15(18(14)23)20(24)25)28-22(30)17-10-16-19(13-6-8-31-9-7-13)26-11-27-21(16)29(17)2/h3-6,10-12,20H,7-9H2,1-2H3,(H,28,30)/t12-/m1/s1. The van der Waals surface area contributed by atoms with Gasteiger partial charge in [0.2, 0.25) is 0 Å². The molecule has 0 aliphatic carbocycles. The van der Waals surface area contributed by atoms with Gasteiger partial charge >= 0.3 is 0 Å². The van der Waals surface area contributed by atoms with E-state index in [0.29, 0.717) is 31.0 Å². The molecule has 0 unspecified atom stereocenters. The van der Waals surface area contributed by atoms with Crippen molar-refractivity contribution >= 4 is 22.5 Å². The van der Waals surface area contributed by atoms with E-state index >= 15 is 0 Å². The van der Waals surface area contributed by atoms with Crippen molar-refractivity contribution in [2.24, 2.45) is 7.05 Å². The molecule has 31 heavy (non-hydrogen) atoms. The van der Waals surface area contributed by atoms with Crippen LogP contribution in [0, 0.1) is 5.82 Å². The van der Waals surface area contributed by atoms with E-state index in [1.165, 1.54) is 18.5 Å². The minimum Gasteiger partial charge on any atom is -0.377 e. The van der Waals surface area contributed by atoms with Crippen molar-refractivity contribution in [3.63, 3.8) is 0 Å². The normalized spacial score (nSPS) is 15.2. The molecule has 0 saturated carbocycles. The summed E-state index contributed by atoms with van der Waals surface area (Å²) < 4.78 is 47.5. The molecule has 1 N–H and O–H groups in total. The number of benzene rings is 1. The maximum Gasteiger partial charge on any atom is 0.268 e. The number of alkyl halides is 2. The Morgan fingerprint density at radius 1 is 1.26 bits per heavy atom. The topological polar surface area (TPSA) is 69.0 Å². The van der Waals surface area contributed by atoms with Gasteiger partial charge in [0.15, 0.2) is 0 Å². The Labute approximate surface area is 176 Å². The molecule has 0 bridgehead atoms. The lowest BCUT2D eigenvalue weighted by Crippen LogP contribution is -2.29. The van der Waals surface area contributed by atoms with Crippen LogP contribution >= 0.6 is 0 Å². The zero-order valence-corrected chi connectivity index (χ0v) is 17.0. The molecule has 3 aromatic rings. The second-order valence-electron chi connectivity index (χ2n) is 7.35. The first kappa shape index (κ1) is 21.0. The number of carbonyl (C=O) groups is 1. The molecule has 1 amide bonds. The van der Waals surface area contributed by atoms with Crippen molar-refractivity contribution in [3.05, 3.63) is 65.0 Å². The SMILES string of the molecule is C[C@@H](NC(=O)c1cc2c(C3=CCOCC3)ncnc2n1C)c1cccc(C(F)F)c1F. The molecule has 1 aromatic carbocycles. The van der Waals surface area contributed by atoms with Gasteiger partial charge in [0.05, 0.1) is 30.5 Å². The van der Waals surface area contributed by atoms with Gasteiger partial charge in [0, 0.05) is 18.0 Å². The van der Waals surface area contributed by atoms with E-state index in [1.54, 1.807) is 24.6 Å². The van der Waals surface area contributed by atoms with Crippen LogP contribution in [0.1, 0.15) is 53.1 Å². The van der Waals surface area contributed by atoms with Gasteiger partial charge in [0.1, 0.15) is 23.5 Å². The average molecular weight is 430 g/mol. The molecular weight excluding hydrogens is 409 g/mol. The molecule has 3 heterocycles. The fourth-order valence-corrected chi connectivity index (χ4v) is 3.77. The lowest BCUT2D eigenvalue weighted by Gasteiger charge is -2.17. The lowest BCUT2D eigenvalue weighted by atomic mass is 10.0. The summed E-state index contributed by atoms with van der Waals surface area (Å²) in [6, 6.07) is 4.65. The maximum atomic E-state index is 14.5. The van der Waals surface area contributed by atoms with Crippen LogP contribution in [0.2, 0.25) is 0 Å². The Hall–Kier alpha value is -3.20. The fraction of sp³-hybridized carbons (Fsp3) is 0.318. The number of hydrogen-bond donors (Lipinski definition) is 1. The third-order valence-corrected chi connectivity index (χ3v) is 5.43. The first-order valence-electron chi connectivity index (χ1n) is 9.83. The number of amides is 1. The highest BCUT2D eigenvalue weighted by molar-refractivity contribution is 6.00. The van der Waals surface area contributed by atoms with Crippen LogP contribution in [0.25, 0.3) is 16.6 Å². The van der Waals surface area contributed by atoms with Gasteiger partial charge < -0.3 is 14.6 Å². The van der Waals surface area contributed by atoms with Crippen LogP contribution in [0.15, 0.2) is 36.7 Å². The molecule has 1 aliphatic heterocycles. The number of nitrogens with one attached hydrogen (secondary N) is 1. The van der Waals surface area contributed by atoms with Gasteiger partial charge in [-0.1, -0.05) is 24.3 Å². The summed E-state index contributed by atoms with van der Waals surface area (Å²) in [5.41, 5.74) is 1.97. The van der Waals surface area contributed by atoms with E-state index in [4.69, 9.17) is 4.74 Å². The van der Waals surface area contributed by atoms with Crippen molar-refractivity contribution in [1.29, 1.82) is 0 Å². The number of nitrogens with zero attached hydrogens (tertiary/aromatic N) is 3. The largest absolute Gasteiger partial charge is 0.377 e. The summed E-state index contributed by atoms with van der Waals surface area (Å²) in [4.78, 5) is 21.6. The summed E-state index contributed by atoms with van der Waals surface area (Å²) in [6.07, 6.45) is 1.18. The molecule has 0 saturated heterocycles. The van der Waals surface area contributed by atoms with Crippen molar-refractivity contribution in [1.82, 2.24) is 19.9 Å². The molecule has 1 atom stereocenters. The number of rotatable bonds is 5. The van der Waals surface area contributed by atoms with Gasteiger partial charge in [-0.15, -0.1) is 0 Å². The summed E-state index contributed by atoms with van der Waals surface area (Å²) in [7, 11) is 1.70. The number of ether oxygens (including phenoxy) is 1. The highest BCUT2D eigenvalue weighted by atomic mass is 19.3. The summed E-state index contributed by atoms with van der Waals surface area (Å²) in [6.45, 7) is 2.65. The Kier molecular flexibility index (Phi) is 5.77. The van der Waals surface area contributed by atoms with E-state index in [1.807, 2.05) is 6.08 Å². The van der Waals surface area contributed by atoms with Gasteiger partial charge in [0.25, 0.3) is 12.3 Å². The molecule has 9 heteroatoms. The molecule has 162 valence electrons. The van der Waals surface area contributed by atoms with E-state index in [0.717, 1.165) is 22.7 Å². The number of fused-ring (bicyclic) bond motifs is 1. The van der Waals surface area contributed by atoms with E-state index < -0.39 is 29.8 Å². The van der Waals surface area contributed by atoms with Gasteiger partial charge in [-0.05, 0) is 25.0 Å². The van der Waals surface area contributed by atoms with Crippen molar-refractivity contribution in [2.75, 3.05) is 13.2 Å². The molecule has 6 nitrogen and oxygen atoms in total. The monoisotopic (exact) mass is 430 g/mol. The predicted molar refractivity (Wildman–Crippen MR) is 109 cm³/mol. The second-order valence-corrected chi connectivity index (χ2v) is 7.35. The van der Waals surface area contributed by atoms with Crippen molar-refractivity contribution < 1.29 is 22.7 Å². The maximum absolute atomic E-state index is 14.5. The number of halogens is 3. The van der Waals surface area contributed by atoms with Gasteiger partial charge in [-0.3, -0.25) is 4.79 Å². The third kappa shape index (κ3) is 3.93. The zero-order chi connectivity index (χ0) is 22.1. The molecule has 2 aromatic heterocycles. The number of carbonyl (C=O) groups excluding carboxylic acids is 1. The Morgan fingerprint density at radius 3 is 2.74 bits per heavy atom. The van der Waals surface area contributed by atoms with E-state index in [9.17, 15) is 18.0 Å². The molecule has 0 spiro atoms. The van der Waals surface area contributed by atoms with Crippen LogP contribution < -0.4 is 5.32 Å². The Balaban J connectivity index is 1.65. The minimum absolute atomic E-state index is 0.00208. The summed E-state index contributed by atoms with van der Waals surface area (Å²) in [5.74, 6) is -1.48. The fourth-order valence-electron chi connectivity index (χ4n) is 3.77. The van der Waals surface area contributed by atoms with Crippen molar-refractivity contribution in [2.45, 2.75) is 25.8 Å². The smallest absolute Gasteiger partial charge is 0.268 e. The van der Waals surface area contributed by atoms with Crippen LogP contribution in [0.5, 0.6) is 0 Å². The lowest BCUT2D eigenvalue weighted by molar-refractivity contribution is 0.0931. The van der Waals surface area contributed by atoms with E-state index in [-0.39, 0.29) is 5.56 Å². The molecular formula is C22H21F3N4O2. The molecule has 4 rings (SSSR count). The average Bonchev–Trinajstić information content (AvgIpc) is 3.11. The number of hydrogen-bond acceptors (Lipinski definition) is 4. The predicted octanol–water partition coefficient (Wildman–Crippen LogP) is 4.34. The zero-order valence-electron chi connectivity index (χ0n) is 17.0. The first-order valence-corrected chi connectivity index (χ1v) is 9.83. The minimum atomic E-state index is -2.93. The summed E-state index contributed by atoms with van der Waals surface area (Å²) in [5, 5.41) is 3.42. The van der Waals surface area contributed by atoms with Crippen LogP contribution in [0.3, 0.4) is 0 Å². The summed E-state index contributed by atoms with van der Waals surface area (Å²) >= 11 is 0. The molecule has 0 fully saturated rings. The number of aryl methyl sites for hydroxylation is 1. The van der Waals surface area contributed by atoms with Crippen LogP contribution in [-0.4, -0.2) is 33.7 Å². The Bertz CT molecular complexity index is 1170. The van der Waals surface area contributed by atoms with Gasteiger partial charge in [-0.2, -0.15) is 0 Å². The molecule has 0 radical (unpaired) electrons. The highest BCUT2D eigenvalue weighted by Crippen LogP contribution is 2.29. The quantitative estimate of drug-likeness (QED) is 0.654. The number of aromatic nitrogens is 3. The molecule has 1 aliphatic rings. The Morgan fingerprint density at radius 2 is 2.03 bits per heavy atom. The van der Waals surface area contributed by atoms with Crippen molar-refractivity contribution in [3.8, 4) is 0 Å². The van der Waals surface area contributed by atoms with Crippen LogP contribution in [0.4, 0.5) is 13.2 Å². The second kappa shape index (κ2) is 8.50. The van der Waals surface area contributed by atoms with Crippen LogP contribution in [-0.2, 0) is 11.8 Å². The van der Waals surface area contributed by atoms with Gasteiger partial charge in [-0.25, -0.2) is 23.1 Å². The highest BCUT2D eigenvalue weighted by Gasteiger charge is 2.23. The first-order chi connectivity index (χ1) is 14.9.